The van der Waals surface area contributed by atoms with Crippen molar-refractivity contribution in [1.29, 1.82) is 0 Å². The minimum atomic E-state index is -3.61. The van der Waals surface area contributed by atoms with E-state index in [4.69, 9.17) is 4.74 Å². The van der Waals surface area contributed by atoms with Crippen molar-refractivity contribution in [2.24, 2.45) is 0 Å². The molecular weight excluding hydrogens is 292 g/mol. The second kappa shape index (κ2) is 8.11. The summed E-state index contributed by atoms with van der Waals surface area (Å²) in [5.74, 6) is -0.326. The molecule has 1 unspecified atom stereocenters. The molecule has 0 saturated carbocycles. The summed E-state index contributed by atoms with van der Waals surface area (Å²) in [6, 6.07) is 5.80. The number of nitrogens with one attached hydrogen (secondary N) is 2. The largest absolute Gasteiger partial charge is 0.383 e. The van der Waals surface area contributed by atoms with E-state index in [0.29, 0.717) is 25.1 Å². The molecule has 1 atom stereocenters. The number of carbonyl (C=O) groups is 1. The fourth-order valence-electron chi connectivity index (χ4n) is 1.59. The van der Waals surface area contributed by atoms with Gasteiger partial charge in [0.15, 0.2) is 0 Å². The van der Waals surface area contributed by atoms with E-state index < -0.39 is 10.0 Å². The zero-order valence-electron chi connectivity index (χ0n) is 12.5. The standard InChI is InChI=1S/C14H22N2O4S/c1-4-11(2)16-21(18,19)13-7-5-6-12(10-13)14(17)15-8-9-20-3/h5-7,10-11,16H,4,8-9H2,1-3H3,(H,15,17). The smallest absolute Gasteiger partial charge is 0.251 e. The molecule has 7 heteroatoms. The van der Waals surface area contributed by atoms with Gasteiger partial charge in [-0.3, -0.25) is 4.79 Å². The van der Waals surface area contributed by atoms with E-state index in [-0.39, 0.29) is 16.8 Å². The Balaban J connectivity index is 2.87. The van der Waals surface area contributed by atoms with Crippen molar-refractivity contribution in [2.45, 2.75) is 31.2 Å². The average Bonchev–Trinajstić information content (AvgIpc) is 2.47. The molecule has 6 nitrogen and oxygen atoms in total. The van der Waals surface area contributed by atoms with Gasteiger partial charge in [-0.25, -0.2) is 13.1 Å². The van der Waals surface area contributed by atoms with Crippen molar-refractivity contribution in [3.05, 3.63) is 29.8 Å². The van der Waals surface area contributed by atoms with Crippen LogP contribution in [0.15, 0.2) is 29.2 Å². The summed E-state index contributed by atoms with van der Waals surface area (Å²) in [5.41, 5.74) is 0.304. The number of hydrogen-bond donors (Lipinski definition) is 2. The summed E-state index contributed by atoms with van der Waals surface area (Å²) >= 11 is 0. The molecule has 0 spiro atoms. The molecule has 0 heterocycles. The van der Waals surface area contributed by atoms with E-state index in [1.54, 1.807) is 26.2 Å². The molecule has 0 aliphatic rings. The van der Waals surface area contributed by atoms with E-state index >= 15 is 0 Å². The molecule has 0 aromatic heterocycles. The van der Waals surface area contributed by atoms with E-state index in [9.17, 15) is 13.2 Å². The monoisotopic (exact) mass is 314 g/mol. The highest BCUT2D eigenvalue weighted by molar-refractivity contribution is 7.89. The lowest BCUT2D eigenvalue weighted by Gasteiger charge is -2.12. The van der Waals surface area contributed by atoms with Gasteiger partial charge in [0, 0.05) is 25.3 Å². The first-order chi connectivity index (χ1) is 9.90. The molecule has 1 aromatic carbocycles. The van der Waals surface area contributed by atoms with Gasteiger partial charge >= 0.3 is 0 Å². The predicted molar refractivity (Wildman–Crippen MR) is 80.7 cm³/mol. The van der Waals surface area contributed by atoms with Gasteiger partial charge in [-0.15, -0.1) is 0 Å². The van der Waals surface area contributed by atoms with Crippen LogP contribution in [0, 0.1) is 0 Å². The first-order valence-electron chi connectivity index (χ1n) is 6.80. The first kappa shape index (κ1) is 17.6. The number of sulfonamides is 1. The van der Waals surface area contributed by atoms with Crippen LogP contribution in [0.4, 0.5) is 0 Å². The van der Waals surface area contributed by atoms with Crippen LogP contribution in [0.5, 0.6) is 0 Å². The topological polar surface area (TPSA) is 84.5 Å². The predicted octanol–water partition coefficient (Wildman–Crippen LogP) is 1.14. The minimum absolute atomic E-state index is 0.0854. The second-order valence-electron chi connectivity index (χ2n) is 4.71. The van der Waals surface area contributed by atoms with Gasteiger partial charge in [0.05, 0.1) is 11.5 Å². The van der Waals surface area contributed by atoms with Gasteiger partial charge < -0.3 is 10.1 Å². The maximum absolute atomic E-state index is 12.2. The van der Waals surface area contributed by atoms with Gasteiger partial charge in [0.25, 0.3) is 5.91 Å². The number of carbonyl (C=O) groups excluding carboxylic acids is 1. The van der Waals surface area contributed by atoms with Crippen LogP contribution in [-0.4, -0.2) is 40.6 Å². The van der Waals surface area contributed by atoms with Gasteiger partial charge in [-0.2, -0.15) is 0 Å². The third-order valence-electron chi connectivity index (χ3n) is 2.97. The minimum Gasteiger partial charge on any atom is -0.383 e. The summed E-state index contributed by atoms with van der Waals surface area (Å²) in [6.45, 7) is 4.46. The molecule has 0 saturated heterocycles. The molecule has 21 heavy (non-hydrogen) atoms. The van der Waals surface area contributed by atoms with Crippen LogP contribution in [-0.2, 0) is 14.8 Å². The lowest BCUT2D eigenvalue weighted by Crippen LogP contribution is -2.32. The van der Waals surface area contributed by atoms with E-state index in [1.165, 1.54) is 12.1 Å². The first-order valence-corrected chi connectivity index (χ1v) is 8.28. The molecule has 0 fully saturated rings. The molecule has 0 aliphatic carbocycles. The van der Waals surface area contributed by atoms with E-state index in [2.05, 4.69) is 10.0 Å². The third kappa shape index (κ3) is 5.45. The molecule has 2 N–H and O–H groups in total. The Kier molecular flexibility index (Phi) is 6.80. The van der Waals surface area contributed by atoms with Crippen molar-refractivity contribution < 1.29 is 17.9 Å². The maximum atomic E-state index is 12.2. The lowest BCUT2D eigenvalue weighted by atomic mass is 10.2. The second-order valence-corrected chi connectivity index (χ2v) is 6.42. The highest BCUT2D eigenvalue weighted by Gasteiger charge is 2.18. The zero-order chi connectivity index (χ0) is 15.9. The number of ether oxygens (including phenoxy) is 1. The molecule has 0 bridgehead atoms. The Morgan fingerprint density at radius 3 is 2.71 bits per heavy atom. The Bertz CT molecular complexity index is 572. The van der Waals surface area contributed by atoms with E-state index in [1.807, 2.05) is 6.92 Å². The van der Waals surface area contributed by atoms with Crippen LogP contribution in [0.1, 0.15) is 30.6 Å². The highest BCUT2D eigenvalue weighted by Crippen LogP contribution is 2.12. The zero-order valence-corrected chi connectivity index (χ0v) is 13.4. The fourth-order valence-corrected chi connectivity index (χ4v) is 2.96. The SMILES string of the molecule is CCC(C)NS(=O)(=O)c1cccc(C(=O)NCCOC)c1. The van der Waals surface area contributed by atoms with Crippen molar-refractivity contribution in [2.75, 3.05) is 20.3 Å². The van der Waals surface area contributed by atoms with Crippen molar-refractivity contribution >= 4 is 15.9 Å². The molecule has 0 aliphatic heterocycles. The average molecular weight is 314 g/mol. The molecule has 118 valence electrons. The normalized spacial score (nSPS) is 12.9. The fraction of sp³-hybridized carbons (Fsp3) is 0.500. The number of methoxy groups -OCH3 is 1. The molecular formula is C14H22N2O4S. The summed E-state index contributed by atoms with van der Waals surface area (Å²) in [5, 5.41) is 2.65. The number of benzene rings is 1. The van der Waals surface area contributed by atoms with Crippen LogP contribution in [0.25, 0.3) is 0 Å². The van der Waals surface area contributed by atoms with Gasteiger partial charge in [0.2, 0.25) is 10.0 Å². The third-order valence-corrected chi connectivity index (χ3v) is 4.55. The molecule has 1 aromatic rings. The molecule has 1 amide bonds. The Hall–Kier alpha value is -1.44. The Labute approximate surface area is 125 Å². The summed E-state index contributed by atoms with van der Waals surface area (Å²) in [4.78, 5) is 12.0. The van der Waals surface area contributed by atoms with Crippen LogP contribution in [0.2, 0.25) is 0 Å². The van der Waals surface area contributed by atoms with E-state index in [0.717, 1.165) is 0 Å². The number of rotatable bonds is 8. The summed E-state index contributed by atoms with van der Waals surface area (Å²) < 4.78 is 31.8. The van der Waals surface area contributed by atoms with Crippen molar-refractivity contribution in [3.8, 4) is 0 Å². The summed E-state index contributed by atoms with van der Waals surface area (Å²) in [6.07, 6.45) is 0.691. The maximum Gasteiger partial charge on any atom is 0.251 e. The highest BCUT2D eigenvalue weighted by atomic mass is 32.2. The quantitative estimate of drug-likeness (QED) is 0.705. The Morgan fingerprint density at radius 1 is 1.38 bits per heavy atom. The van der Waals surface area contributed by atoms with Crippen molar-refractivity contribution in [1.82, 2.24) is 10.0 Å². The Morgan fingerprint density at radius 2 is 2.10 bits per heavy atom. The van der Waals surface area contributed by atoms with Crippen LogP contribution in [0.3, 0.4) is 0 Å². The van der Waals surface area contributed by atoms with Crippen molar-refractivity contribution in [3.63, 3.8) is 0 Å². The summed E-state index contributed by atoms with van der Waals surface area (Å²) in [7, 11) is -2.07. The van der Waals surface area contributed by atoms with Gasteiger partial charge in [-0.1, -0.05) is 13.0 Å². The molecule has 1 rings (SSSR count). The molecule has 0 radical (unpaired) electrons. The van der Waals surface area contributed by atoms with Gasteiger partial charge in [-0.05, 0) is 31.5 Å². The number of amides is 1. The van der Waals surface area contributed by atoms with Gasteiger partial charge in [0.1, 0.15) is 0 Å². The van der Waals surface area contributed by atoms with Crippen LogP contribution >= 0.6 is 0 Å². The number of hydrogen-bond acceptors (Lipinski definition) is 4. The van der Waals surface area contributed by atoms with Crippen LogP contribution < -0.4 is 10.0 Å². The lowest BCUT2D eigenvalue weighted by molar-refractivity contribution is 0.0937.